The Kier molecular flexibility index (Phi) is 6.47. The maximum absolute atomic E-state index is 13.6. The summed E-state index contributed by atoms with van der Waals surface area (Å²) in [7, 11) is -3.17. The summed E-state index contributed by atoms with van der Waals surface area (Å²) < 4.78 is 40.9. The van der Waals surface area contributed by atoms with Gasteiger partial charge in [0.05, 0.1) is 23.4 Å². The van der Waals surface area contributed by atoms with Crippen LogP contribution in [0.4, 0.5) is 5.82 Å². The normalized spacial score (nSPS) is 16.9. The highest BCUT2D eigenvalue weighted by molar-refractivity contribution is 7.85. The van der Waals surface area contributed by atoms with Gasteiger partial charge < -0.3 is 15.4 Å². The number of benzene rings is 3. The lowest BCUT2D eigenvalue weighted by Crippen LogP contribution is -2.50. The molecule has 0 saturated carbocycles. The third-order valence-electron chi connectivity index (χ3n) is 6.43. The van der Waals surface area contributed by atoms with Crippen LogP contribution in [0.25, 0.3) is 5.69 Å². The number of methoxy groups -OCH3 is 1. The van der Waals surface area contributed by atoms with Crippen LogP contribution in [0.5, 0.6) is 5.75 Å². The van der Waals surface area contributed by atoms with Crippen LogP contribution in [0, 0.1) is 6.92 Å². The van der Waals surface area contributed by atoms with Gasteiger partial charge in [-0.25, -0.2) is 4.68 Å². The maximum atomic E-state index is 13.6. The van der Waals surface area contributed by atoms with Crippen molar-refractivity contribution in [3.63, 3.8) is 0 Å². The fraction of sp³-hybridized carbons (Fsp3) is 0.148. The molecule has 11 heteroatoms. The van der Waals surface area contributed by atoms with Crippen LogP contribution in [0.3, 0.4) is 0 Å². The number of fused-ring (bicyclic) bond motifs is 1. The first-order valence-electron chi connectivity index (χ1n) is 11.7. The Labute approximate surface area is 219 Å². The number of nitrogens with one attached hydrogen (secondary N) is 2. The highest BCUT2D eigenvalue weighted by atomic mass is 32.2. The van der Waals surface area contributed by atoms with E-state index >= 15 is 0 Å². The molecule has 194 valence electrons. The number of para-hydroxylation sites is 1. The quantitative estimate of drug-likeness (QED) is 0.324. The lowest BCUT2D eigenvalue weighted by molar-refractivity contribution is -0.118. The monoisotopic (exact) mass is 532 g/mol. The van der Waals surface area contributed by atoms with Gasteiger partial charge in [-0.3, -0.25) is 14.1 Å². The Balaban J connectivity index is 1.73. The molecule has 2 atom stereocenters. The number of nitrogens with zero attached hydrogens (tertiary/aromatic N) is 2. The highest BCUT2D eigenvalue weighted by Gasteiger charge is 2.43. The summed E-state index contributed by atoms with van der Waals surface area (Å²) >= 11 is 0. The second-order valence-corrected chi connectivity index (χ2v) is 10.2. The van der Waals surface area contributed by atoms with Crippen LogP contribution in [-0.2, 0) is 14.9 Å². The third kappa shape index (κ3) is 4.53. The summed E-state index contributed by atoms with van der Waals surface area (Å²) in [5, 5.41) is 10.3. The third-order valence-corrected chi connectivity index (χ3v) is 7.28. The molecule has 38 heavy (non-hydrogen) atoms. The van der Waals surface area contributed by atoms with Crippen molar-refractivity contribution in [1.82, 2.24) is 15.1 Å². The Morgan fingerprint density at radius 3 is 2.34 bits per heavy atom. The second-order valence-electron chi connectivity index (χ2n) is 8.76. The van der Waals surface area contributed by atoms with E-state index < -0.39 is 33.9 Å². The van der Waals surface area contributed by atoms with E-state index in [1.165, 1.54) is 25.3 Å². The smallest absolute Gasteiger partial charge is 0.294 e. The van der Waals surface area contributed by atoms with E-state index in [4.69, 9.17) is 4.74 Å². The van der Waals surface area contributed by atoms with Gasteiger partial charge in [-0.1, -0.05) is 36.4 Å². The molecule has 0 radical (unpaired) electrons. The van der Waals surface area contributed by atoms with Crippen molar-refractivity contribution in [1.29, 1.82) is 0 Å². The van der Waals surface area contributed by atoms with Gasteiger partial charge in [-0.2, -0.15) is 13.5 Å². The number of hydrogen-bond donors (Lipinski definition) is 3. The van der Waals surface area contributed by atoms with Crippen molar-refractivity contribution in [3.05, 3.63) is 101 Å². The molecular formula is C27H24N4O6S. The van der Waals surface area contributed by atoms with E-state index in [0.717, 1.165) is 0 Å². The zero-order valence-corrected chi connectivity index (χ0v) is 21.3. The molecule has 1 aliphatic heterocycles. The van der Waals surface area contributed by atoms with Crippen molar-refractivity contribution in [2.45, 2.75) is 23.8 Å². The minimum absolute atomic E-state index is 0.272. The lowest BCUT2D eigenvalue weighted by atomic mass is 9.81. The van der Waals surface area contributed by atoms with Crippen LogP contribution in [0.1, 0.15) is 33.1 Å². The molecule has 3 aromatic carbocycles. The fourth-order valence-corrected chi connectivity index (χ4v) is 5.23. The number of amides is 2. The zero-order valence-electron chi connectivity index (χ0n) is 20.5. The molecule has 5 rings (SSSR count). The number of ether oxygens (including phenoxy) is 1. The number of anilines is 1. The minimum atomic E-state index is -4.58. The van der Waals surface area contributed by atoms with Crippen LogP contribution in [-0.4, -0.2) is 47.7 Å². The molecule has 1 aliphatic rings. The second kappa shape index (κ2) is 9.77. The van der Waals surface area contributed by atoms with E-state index in [1.807, 2.05) is 30.3 Å². The molecule has 0 bridgehead atoms. The first-order valence-corrected chi connectivity index (χ1v) is 13.1. The number of carbonyl (C=O) groups is 2. The number of aromatic nitrogens is 2. The van der Waals surface area contributed by atoms with Crippen molar-refractivity contribution >= 4 is 27.8 Å². The molecule has 0 unspecified atom stereocenters. The van der Waals surface area contributed by atoms with E-state index in [0.29, 0.717) is 28.3 Å². The molecule has 2 heterocycles. The van der Waals surface area contributed by atoms with Crippen LogP contribution < -0.4 is 15.4 Å². The summed E-state index contributed by atoms with van der Waals surface area (Å²) in [6, 6.07) is 20.3. The summed E-state index contributed by atoms with van der Waals surface area (Å²) in [4.78, 5) is 26.4. The standard InChI is InChI=1S/C27H24N4O6S/c1-16-22-23(20-15-19(38(34,35)36)13-14-21(20)37-2)24(28-26(32)17-9-5-3-6-10-17)27(33)29-25(22)31(30-16)18-11-7-4-8-12-18/h3-15,23-24H,1-2H3,(H,28,32)(H,29,33)(H,34,35,36)/t23-,24+/m1/s1. The van der Waals surface area contributed by atoms with Gasteiger partial charge >= 0.3 is 0 Å². The Morgan fingerprint density at radius 1 is 1.05 bits per heavy atom. The largest absolute Gasteiger partial charge is 0.496 e. The van der Waals surface area contributed by atoms with Crippen LogP contribution in [0.2, 0.25) is 0 Å². The molecule has 0 spiro atoms. The molecule has 0 saturated heterocycles. The Hall–Kier alpha value is -4.48. The van der Waals surface area contributed by atoms with Gasteiger partial charge in [-0.05, 0) is 49.4 Å². The maximum Gasteiger partial charge on any atom is 0.294 e. The van der Waals surface area contributed by atoms with Gasteiger partial charge in [0.15, 0.2) is 0 Å². The minimum Gasteiger partial charge on any atom is -0.496 e. The highest BCUT2D eigenvalue weighted by Crippen LogP contribution is 2.44. The summed E-state index contributed by atoms with van der Waals surface area (Å²) in [5.41, 5.74) is 2.44. The predicted molar refractivity (Wildman–Crippen MR) is 139 cm³/mol. The number of aryl methyl sites for hydroxylation is 1. The summed E-state index contributed by atoms with van der Waals surface area (Å²) in [6.45, 7) is 1.76. The number of hydrogen-bond acceptors (Lipinski definition) is 6. The summed E-state index contributed by atoms with van der Waals surface area (Å²) in [5.74, 6) is -1.26. The number of carbonyl (C=O) groups excluding carboxylic acids is 2. The van der Waals surface area contributed by atoms with Crippen molar-refractivity contribution in [3.8, 4) is 11.4 Å². The van der Waals surface area contributed by atoms with E-state index in [2.05, 4.69) is 15.7 Å². The molecule has 4 aromatic rings. The van der Waals surface area contributed by atoms with E-state index in [-0.39, 0.29) is 16.2 Å². The molecule has 2 amide bonds. The van der Waals surface area contributed by atoms with Gasteiger partial charge in [0, 0.05) is 22.6 Å². The Morgan fingerprint density at radius 2 is 1.71 bits per heavy atom. The average molecular weight is 533 g/mol. The van der Waals surface area contributed by atoms with E-state index in [1.54, 1.807) is 41.9 Å². The zero-order chi connectivity index (χ0) is 27.0. The molecule has 0 fully saturated rings. The summed E-state index contributed by atoms with van der Waals surface area (Å²) in [6.07, 6.45) is 0. The van der Waals surface area contributed by atoms with E-state index in [9.17, 15) is 22.6 Å². The predicted octanol–water partition coefficient (Wildman–Crippen LogP) is 3.32. The van der Waals surface area contributed by atoms with Gasteiger partial charge in [0.1, 0.15) is 17.6 Å². The van der Waals surface area contributed by atoms with Crippen LogP contribution >= 0.6 is 0 Å². The van der Waals surface area contributed by atoms with Crippen molar-refractivity contribution in [2.24, 2.45) is 0 Å². The van der Waals surface area contributed by atoms with Gasteiger partial charge in [-0.15, -0.1) is 0 Å². The molecular weight excluding hydrogens is 508 g/mol. The van der Waals surface area contributed by atoms with Crippen molar-refractivity contribution in [2.75, 3.05) is 12.4 Å². The van der Waals surface area contributed by atoms with Gasteiger partial charge in [0.25, 0.3) is 16.0 Å². The first kappa shape index (κ1) is 25.2. The van der Waals surface area contributed by atoms with Gasteiger partial charge in [0.2, 0.25) is 5.91 Å². The lowest BCUT2D eigenvalue weighted by Gasteiger charge is -2.33. The first-order chi connectivity index (χ1) is 18.2. The number of rotatable bonds is 6. The Bertz CT molecular complexity index is 1640. The molecule has 10 nitrogen and oxygen atoms in total. The topological polar surface area (TPSA) is 140 Å². The molecule has 0 aliphatic carbocycles. The average Bonchev–Trinajstić information content (AvgIpc) is 3.24. The molecule has 1 aromatic heterocycles. The van der Waals surface area contributed by atoms with Crippen LogP contribution in [0.15, 0.2) is 83.8 Å². The SMILES string of the molecule is COc1ccc(S(=O)(=O)O)cc1[C@@H]1c2c(C)nn(-c3ccccc3)c2NC(=O)[C@H]1NC(=O)c1ccccc1. The van der Waals surface area contributed by atoms with Crippen molar-refractivity contribution < 1.29 is 27.3 Å². The molecule has 3 N–H and O–H groups in total. The fourth-order valence-electron chi connectivity index (χ4n) is 4.71.